The summed E-state index contributed by atoms with van der Waals surface area (Å²) in [4.78, 5) is 11.2. The zero-order chi connectivity index (χ0) is 14.2. The van der Waals surface area contributed by atoms with E-state index in [1.807, 2.05) is 6.92 Å². The molecule has 1 unspecified atom stereocenters. The van der Waals surface area contributed by atoms with E-state index in [4.69, 9.17) is 4.74 Å². The van der Waals surface area contributed by atoms with Gasteiger partial charge in [0.05, 0.1) is 6.61 Å². The molecule has 0 fully saturated rings. The molecule has 0 saturated heterocycles. The molecule has 1 atom stereocenters. The summed E-state index contributed by atoms with van der Waals surface area (Å²) in [6.07, 6.45) is 5.14. The molecule has 0 bridgehead atoms. The Labute approximate surface area is 121 Å². The van der Waals surface area contributed by atoms with Crippen molar-refractivity contribution in [1.82, 2.24) is 5.32 Å². The third kappa shape index (κ3) is 4.34. The SMILES string of the molecule is CCOC(=O)CCCNCC1CCCc2ccccc21. The summed E-state index contributed by atoms with van der Waals surface area (Å²) in [5.74, 6) is 0.542. The normalized spacial score (nSPS) is 17.6. The molecule has 110 valence electrons. The minimum Gasteiger partial charge on any atom is -0.466 e. The van der Waals surface area contributed by atoms with Crippen LogP contribution in [0.3, 0.4) is 0 Å². The lowest BCUT2D eigenvalue weighted by Crippen LogP contribution is -2.25. The van der Waals surface area contributed by atoms with E-state index >= 15 is 0 Å². The van der Waals surface area contributed by atoms with Crippen LogP contribution in [0.5, 0.6) is 0 Å². The van der Waals surface area contributed by atoms with Gasteiger partial charge in [-0.05, 0) is 56.2 Å². The Morgan fingerprint density at radius 1 is 1.40 bits per heavy atom. The predicted molar refractivity (Wildman–Crippen MR) is 80.9 cm³/mol. The molecule has 1 aliphatic rings. The molecule has 0 amide bonds. The van der Waals surface area contributed by atoms with Crippen molar-refractivity contribution in [3.63, 3.8) is 0 Å². The number of esters is 1. The largest absolute Gasteiger partial charge is 0.466 e. The fourth-order valence-corrected chi connectivity index (χ4v) is 2.93. The molecule has 3 heteroatoms. The number of aryl methyl sites for hydroxylation is 1. The molecule has 0 aromatic heterocycles. The van der Waals surface area contributed by atoms with Crippen LogP contribution in [0, 0.1) is 0 Å². The van der Waals surface area contributed by atoms with Gasteiger partial charge in [0.1, 0.15) is 0 Å². The van der Waals surface area contributed by atoms with Gasteiger partial charge in [0, 0.05) is 13.0 Å². The van der Waals surface area contributed by atoms with Crippen LogP contribution >= 0.6 is 0 Å². The molecular formula is C17H25NO2. The van der Waals surface area contributed by atoms with Crippen LogP contribution in [0.25, 0.3) is 0 Å². The number of rotatable bonds is 7. The molecule has 0 heterocycles. The average molecular weight is 275 g/mol. The summed E-state index contributed by atoms with van der Waals surface area (Å²) in [6, 6.07) is 8.79. The summed E-state index contributed by atoms with van der Waals surface area (Å²) in [6.45, 7) is 4.22. The molecule has 1 aliphatic carbocycles. The van der Waals surface area contributed by atoms with E-state index in [2.05, 4.69) is 29.6 Å². The quantitative estimate of drug-likeness (QED) is 0.614. The molecular weight excluding hydrogens is 250 g/mol. The van der Waals surface area contributed by atoms with Crippen molar-refractivity contribution >= 4 is 5.97 Å². The van der Waals surface area contributed by atoms with Crippen LogP contribution in [-0.2, 0) is 16.0 Å². The Bertz CT molecular complexity index is 431. The second-order valence-corrected chi connectivity index (χ2v) is 5.40. The average Bonchev–Trinajstić information content (AvgIpc) is 2.47. The number of carbonyl (C=O) groups is 1. The second-order valence-electron chi connectivity index (χ2n) is 5.40. The first-order chi connectivity index (χ1) is 9.81. The molecule has 1 aromatic rings. The highest BCUT2D eigenvalue weighted by atomic mass is 16.5. The Balaban J connectivity index is 1.69. The van der Waals surface area contributed by atoms with Gasteiger partial charge in [0.15, 0.2) is 0 Å². The van der Waals surface area contributed by atoms with Crippen molar-refractivity contribution in [3.8, 4) is 0 Å². The standard InChI is InChI=1S/C17H25NO2/c1-2-20-17(19)11-6-12-18-13-15-9-5-8-14-7-3-4-10-16(14)15/h3-4,7,10,15,18H,2,5-6,8-9,11-13H2,1H3. The highest BCUT2D eigenvalue weighted by Gasteiger charge is 2.18. The Kier molecular flexibility index (Phi) is 6.06. The van der Waals surface area contributed by atoms with Gasteiger partial charge >= 0.3 is 5.97 Å². The highest BCUT2D eigenvalue weighted by Crippen LogP contribution is 2.30. The molecule has 1 N–H and O–H groups in total. The molecule has 0 aliphatic heterocycles. The van der Waals surface area contributed by atoms with Crippen molar-refractivity contribution in [1.29, 1.82) is 0 Å². The summed E-state index contributed by atoms with van der Waals surface area (Å²) in [5.41, 5.74) is 3.02. The topological polar surface area (TPSA) is 38.3 Å². The van der Waals surface area contributed by atoms with E-state index in [0.717, 1.165) is 19.5 Å². The van der Waals surface area contributed by atoms with Crippen molar-refractivity contribution in [2.24, 2.45) is 0 Å². The lowest BCUT2D eigenvalue weighted by molar-refractivity contribution is -0.143. The Hall–Kier alpha value is -1.35. The third-order valence-electron chi connectivity index (χ3n) is 3.92. The molecule has 0 radical (unpaired) electrons. The number of ether oxygens (including phenoxy) is 1. The number of carbonyl (C=O) groups excluding carboxylic acids is 1. The van der Waals surface area contributed by atoms with Gasteiger partial charge in [-0.15, -0.1) is 0 Å². The van der Waals surface area contributed by atoms with Crippen LogP contribution in [0.15, 0.2) is 24.3 Å². The summed E-state index contributed by atoms with van der Waals surface area (Å²) in [5, 5.41) is 3.49. The highest BCUT2D eigenvalue weighted by molar-refractivity contribution is 5.69. The van der Waals surface area contributed by atoms with E-state index in [1.54, 1.807) is 0 Å². The van der Waals surface area contributed by atoms with E-state index in [1.165, 1.54) is 30.4 Å². The first-order valence-corrected chi connectivity index (χ1v) is 7.75. The van der Waals surface area contributed by atoms with Crippen molar-refractivity contribution in [3.05, 3.63) is 35.4 Å². The third-order valence-corrected chi connectivity index (χ3v) is 3.92. The number of fused-ring (bicyclic) bond motifs is 1. The maximum Gasteiger partial charge on any atom is 0.305 e. The maximum absolute atomic E-state index is 11.2. The molecule has 0 saturated carbocycles. The minimum atomic E-state index is -0.0858. The van der Waals surface area contributed by atoms with Gasteiger partial charge < -0.3 is 10.1 Å². The molecule has 2 rings (SSSR count). The maximum atomic E-state index is 11.2. The van der Waals surface area contributed by atoms with Crippen molar-refractivity contribution in [2.75, 3.05) is 19.7 Å². The molecule has 0 spiro atoms. The van der Waals surface area contributed by atoms with Crippen LogP contribution in [-0.4, -0.2) is 25.7 Å². The predicted octanol–water partition coefficient (Wildman–Crippen LogP) is 3.04. The smallest absolute Gasteiger partial charge is 0.305 e. The number of benzene rings is 1. The van der Waals surface area contributed by atoms with Gasteiger partial charge in [-0.1, -0.05) is 24.3 Å². The van der Waals surface area contributed by atoms with Gasteiger partial charge in [-0.2, -0.15) is 0 Å². The van der Waals surface area contributed by atoms with Gasteiger partial charge in [-0.3, -0.25) is 4.79 Å². The first kappa shape index (κ1) is 15.0. The fourth-order valence-electron chi connectivity index (χ4n) is 2.93. The fraction of sp³-hybridized carbons (Fsp3) is 0.588. The van der Waals surface area contributed by atoms with E-state index < -0.39 is 0 Å². The Morgan fingerprint density at radius 3 is 3.10 bits per heavy atom. The van der Waals surface area contributed by atoms with Gasteiger partial charge in [0.25, 0.3) is 0 Å². The lowest BCUT2D eigenvalue weighted by Gasteiger charge is -2.25. The first-order valence-electron chi connectivity index (χ1n) is 7.75. The van der Waals surface area contributed by atoms with Crippen LogP contribution in [0.1, 0.15) is 49.7 Å². The Morgan fingerprint density at radius 2 is 2.25 bits per heavy atom. The van der Waals surface area contributed by atoms with Crippen LogP contribution in [0.4, 0.5) is 0 Å². The van der Waals surface area contributed by atoms with Crippen molar-refractivity contribution < 1.29 is 9.53 Å². The molecule has 20 heavy (non-hydrogen) atoms. The van der Waals surface area contributed by atoms with E-state index in [-0.39, 0.29) is 5.97 Å². The summed E-state index contributed by atoms with van der Waals surface area (Å²) in [7, 11) is 0. The lowest BCUT2D eigenvalue weighted by atomic mass is 9.83. The summed E-state index contributed by atoms with van der Waals surface area (Å²) < 4.78 is 4.92. The second kappa shape index (κ2) is 8.05. The monoisotopic (exact) mass is 275 g/mol. The zero-order valence-electron chi connectivity index (χ0n) is 12.4. The van der Waals surface area contributed by atoms with Gasteiger partial charge in [0.2, 0.25) is 0 Å². The van der Waals surface area contributed by atoms with Crippen LogP contribution in [0.2, 0.25) is 0 Å². The minimum absolute atomic E-state index is 0.0858. The number of hydrogen-bond acceptors (Lipinski definition) is 3. The van der Waals surface area contributed by atoms with Crippen molar-refractivity contribution in [2.45, 2.75) is 44.9 Å². The summed E-state index contributed by atoms with van der Waals surface area (Å²) >= 11 is 0. The van der Waals surface area contributed by atoms with E-state index in [0.29, 0.717) is 18.9 Å². The molecule has 1 aromatic carbocycles. The molecule has 3 nitrogen and oxygen atoms in total. The number of nitrogens with one attached hydrogen (secondary N) is 1. The number of hydrogen-bond donors (Lipinski definition) is 1. The van der Waals surface area contributed by atoms with E-state index in [9.17, 15) is 4.79 Å². The van der Waals surface area contributed by atoms with Crippen LogP contribution < -0.4 is 5.32 Å². The zero-order valence-corrected chi connectivity index (χ0v) is 12.4. The van der Waals surface area contributed by atoms with Gasteiger partial charge in [-0.25, -0.2) is 0 Å².